The van der Waals surface area contributed by atoms with Crippen LogP contribution in [0.5, 0.6) is 0 Å². The van der Waals surface area contributed by atoms with Crippen LogP contribution in [0.3, 0.4) is 0 Å². The lowest BCUT2D eigenvalue weighted by Crippen LogP contribution is -2.24. The fraction of sp³-hybridized carbons (Fsp3) is 0.158. The molecular weight excluding hydrogens is 286 g/mol. The molecule has 1 N–H and O–H groups in total. The van der Waals surface area contributed by atoms with E-state index in [2.05, 4.69) is 10.5 Å². The molecule has 1 heterocycles. The van der Waals surface area contributed by atoms with Gasteiger partial charge in [-0.25, -0.2) is 5.43 Å². The molecule has 2 aromatic carbocycles. The normalized spacial score (nSPS) is 11.6. The third kappa shape index (κ3) is 3.86. The molecule has 4 nitrogen and oxygen atoms in total. The second-order valence-electron chi connectivity index (χ2n) is 5.55. The highest BCUT2D eigenvalue weighted by molar-refractivity contribution is 5.87. The Morgan fingerprint density at radius 3 is 2.61 bits per heavy atom. The maximum Gasteiger partial charge on any atom is 0.259 e. The zero-order valence-electron chi connectivity index (χ0n) is 13.1. The van der Waals surface area contributed by atoms with Gasteiger partial charge >= 0.3 is 0 Å². The number of rotatable bonds is 5. The maximum atomic E-state index is 12.1. The first-order valence-electron chi connectivity index (χ1n) is 7.62. The lowest BCUT2D eigenvalue weighted by Gasteiger charge is -2.05. The molecule has 0 spiro atoms. The average Bonchev–Trinajstić information content (AvgIpc) is 2.97. The van der Waals surface area contributed by atoms with Crippen LogP contribution in [0.2, 0.25) is 0 Å². The van der Waals surface area contributed by atoms with Crippen LogP contribution in [0, 0.1) is 0 Å². The molecule has 0 radical (unpaired) electrons. The molecule has 23 heavy (non-hydrogen) atoms. The Hall–Kier alpha value is -2.88. The number of nitrogens with zero attached hydrogens (tertiary/aromatic N) is 2. The Morgan fingerprint density at radius 1 is 1.04 bits per heavy atom. The monoisotopic (exact) mass is 305 g/mol. The van der Waals surface area contributed by atoms with Crippen molar-refractivity contribution >= 4 is 22.5 Å². The van der Waals surface area contributed by atoms with Crippen LogP contribution in [-0.4, -0.2) is 16.2 Å². The summed E-state index contributed by atoms with van der Waals surface area (Å²) in [5.74, 6) is -0.126. The second kappa shape index (κ2) is 6.92. The Labute approximate surface area is 135 Å². The predicted molar refractivity (Wildman–Crippen MR) is 93.3 cm³/mol. The van der Waals surface area contributed by atoms with E-state index in [0.29, 0.717) is 0 Å². The second-order valence-corrected chi connectivity index (χ2v) is 5.55. The summed E-state index contributed by atoms with van der Waals surface area (Å²) in [7, 11) is 0. The molecule has 0 fully saturated rings. The maximum absolute atomic E-state index is 12.1. The van der Waals surface area contributed by atoms with Gasteiger partial charge in [0.05, 0.1) is 0 Å². The summed E-state index contributed by atoms with van der Waals surface area (Å²) < 4.78 is 1.92. The smallest absolute Gasteiger partial charge is 0.259 e. The third-order valence-electron chi connectivity index (χ3n) is 3.67. The van der Waals surface area contributed by atoms with E-state index in [4.69, 9.17) is 0 Å². The van der Waals surface area contributed by atoms with Crippen LogP contribution >= 0.6 is 0 Å². The van der Waals surface area contributed by atoms with Gasteiger partial charge in [0.15, 0.2) is 0 Å². The first-order chi connectivity index (χ1) is 11.2. The number of carbonyl (C=O) groups is 1. The molecule has 0 bridgehead atoms. The van der Waals surface area contributed by atoms with Gasteiger partial charge in [-0.3, -0.25) is 4.79 Å². The molecule has 0 atom stereocenters. The Kier molecular flexibility index (Phi) is 4.52. The number of nitrogens with one attached hydrogen (secondary N) is 1. The Balaban J connectivity index is 1.60. The standard InChI is InChI=1S/C19H19N3O/c1-15(13-16-7-3-2-4-8-16)20-21-19(23)14-22-12-11-17-9-5-6-10-18(17)22/h2-12H,13-14H2,1H3,(H,21,23)/b20-15+. The minimum absolute atomic E-state index is 0.126. The van der Waals surface area contributed by atoms with Crippen LogP contribution in [0.4, 0.5) is 0 Å². The summed E-state index contributed by atoms with van der Waals surface area (Å²) in [6.07, 6.45) is 2.65. The molecule has 0 saturated heterocycles. The molecule has 0 aliphatic heterocycles. The number of para-hydroxylation sites is 1. The van der Waals surface area contributed by atoms with Crippen molar-refractivity contribution in [2.45, 2.75) is 19.9 Å². The molecule has 0 aliphatic carbocycles. The molecule has 1 aromatic heterocycles. The molecule has 4 heteroatoms. The predicted octanol–water partition coefficient (Wildman–Crippen LogP) is 3.38. The molecule has 3 aromatic rings. The quantitative estimate of drug-likeness (QED) is 0.570. The summed E-state index contributed by atoms with van der Waals surface area (Å²) in [5, 5.41) is 5.31. The van der Waals surface area contributed by atoms with Gasteiger partial charge in [-0.1, -0.05) is 48.5 Å². The van der Waals surface area contributed by atoms with E-state index >= 15 is 0 Å². The van der Waals surface area contributed by atoms with Crippen molar-refractivity contribution in [3.63, 3.8) is 0 Å². The zero-order valence-corrected chi connectivity index (χ0v) is 13.1. The highest BCUT2D eigenvalue weighted by Crippen LogP contribution is 2.14. The van der Waals surface area contributed by atoms with E-state index in [9.17, 15) is 4.79 Å². The van der Waals surface area contributed by atoms with Crippen molar-refractivity contribution in [2.75, 3.05) is 0 Å². The number of carbonyl (C=O) groups excluding carboxylic acids is 1. The van der Waals surface area contributed by atoms with Crippen LogP contribution in [0.25, 0.3) is 10.9 Å². The van der Waals surface area contributed by atoms with E-state index in [1.807, 2.05) is 78.4 Å². The molecular formula is C19H19N3O. The van der Waals surface area contributed by atoms with Crippen molar-refractivity contribution in [1.82, 2.24) is 9.99 Å². The molecule has 0 aliphatic rings. The minimum atomic E-state index is -0.126. The number of hydrogen-bond acceptors (Lipinski definition) is 2. The highest BCUT2D eigenvalue weighted by Gasteiger charge is 2.05. The van der Waals surface area contributed by atoms with Crippen molar-refractivity contribution in [3.05, 3.63) is 72.4 Å². The van der Waals surface area contributed by atoms with Crippen molar-refractivity contribution in [3.8, 4) is 0 Å². The summed E-state index contributed by atoms with van der Waals surface area (Å²) in [6, 6.07) is 20.1. The van der Waals surface area contributed by atoms with Crippen molar-refractivity contribution < 1.29 is 4.79 Å². The molecule has 116 valence electrons. The van der Waals surface area contributed by atoms with E-state index in [1.165, 1.54) is 5.56 Å². The minimum Gasteiger partial charge on any atom is -0.338 e. The molecule has 3 rings (SSSR count). The number of fused-ring (bicyclic) bond motifs is 1. The third-order valence-corrected chi connectivity index (χ3v) is 3.67. The van der Waals surface area contributed by atoms with E-state index in [-0.39, 0.29) is 12.5 Å². The fourth-order valence-corrected chi connectivity index (χ4v) is 2.56. The first-order valence-corrected chi connectivity index (χ1v) is 7.62. The van der Waals surface area contributed by atoms with Gasteiger partial charge in [0, 0.05) is 23.8 Å². The van der Waals surface area contributed by atoms with Gasteiger partial charge in [0.2, 0.25) is 0 Å². The first kappa shape index (κ1) is 15.0. The Bertz CT molecular complexity index is 834. The highest BCUT2D eigenvalue weighted by atomic mass is 16.2. The summed E-state index contributed by atoms with van der Waals surface area (Å²) in [5.41, 5.74) is 5.74. The van der Waals surface area contributed by atoms with Crippen molar-refractivity contribution in [2.24, 2.45) is 5.10 Å². The van der Waals surface area contributed by atoms with Crippen LogP contribution in [0.15, 0.2) is 72.0 Å². The average molecular weight is 305 g/mol. The van der Waals surface area contributed by atoms with Gasteiger partial charge < -0.3 is 4.57 Å². The van der Waals surface area contributed by atoms with Crippen LogP contribution < -0.4 is 5.43 Å². The SMILES string of the molecule is C/C(Cc1ccccc1)=N\NC(=O)Cn1ccc2ccccc21. The Morgan fingerprint density at radius 2 is 1.78 bits per heavy atom. The lowest BCUT2D eigenvalue weighted by atomic mass is 10.1. The molecule has 0 saturated carbocycles. The topological polar surface area (TPSA) is 46.4 Å². The van der Waals surface area contributed by atoms with Gasteiger partial charge in [-0.05, 0) is 30.0 Å². The van der Waals surface area contributed by atoms with Crippen molar-refractivity contribution in [1.29, 1.82) is 0 Å². The van der Waals surface area contributed by atoms with E-state index in [0.717, 1.165) is 23.0 Å². The zero-order chi connectivity index (χ0) is 16.1. The molecule has 0 unspecified atom stereocenters. The number of hydrazone groups is 1. The van der Waals surface area contributed by atoms with Gasteiger partial charge in [-0.15, -0.1) is 0 Å². The fourth-order valence-electron chi connectivity index (χ4n) is 2.56. The largest absolute Gasteiger partial charge is 0.338 e. The summed E-state index contributed by atoms with van der Waals surface area (Å²) in [6.45, 7) is 2.17. The van der Waals surface area contributed by atoms with Crippen LogP contribution in [-0.2, 0) is 17.8 Å². The van der Waals surface area contributed by atoms with E-state index < -0.39 is 0 Å². The van der Waals surface area contributed by atoms with Gasteiger partial charge in [0.1, 0.15) is 6.54 Å². The number of benzene rings is 2. The number of hydrogen-bond donors (Lipinski definition) is 1. The summed E-state index contributed by atoms with van der Waals surface area (Å²) in [4.78, 5) is 12.1. The lowest BCUT2D eigenvalue weighted by molar-refractivity contribution is -0.121. The van der Waals surface area contributed by atoms with Gasteiger partial charge in [-0.2, -0.15) is 5.10 Å². The van der Waals surface area contributed by atoms with Crippen LogP contribution in [0.1, 0.15) is 12.5 Å². The number of aromatic nitrogens is 1. The van der Waals surface area contributed by atoms with E-state index in [1.54, 1.807) is 0 Å². The van der Waals surface area contributed by atoms with Gasteiger partial charge in [0.25, 0.3) is 5.91 Å². The summed E-state index contributed by atoms with van der Waals surface area (Å²) >= 11 is 0. The number of amides is 1. The molecule has 1 amide bonds.